The van der Waals surface area contributed by atoms with Crippen LogP contribution in [0.25, 0.3) is 11.3 Å². The van der Waals surface area contributed by atoms with Crippen LogP contribution in [0.5, 0.6) is 0 Å². The molecule has 0 aliphatic heterocycles. The van der Waals surface area contributed by atoms with Crippen LogP contribution in [-0.2, 0) is 5.41 Å². The van der Waals surface area contributed by atoms with Gasteiger partial charge < -0.3 is 15.5 Å². The molecule has 1 amide bonds. The number of nitrogens with zero attached hydrogens (tertiary/aromatic N) is 4. The maximum absolute atomic E-state index is 14.5. The topological polar surface area (TPSA) is 121 Å². The summed E-state index contributed by atoms with van der Waals surface area (Å²) in [4.78, 5) is 21.4. The van der Waals surface area contributed by atoms with Gasteiger partial charge in [0.1, 0.15) is 17.3 Å². The molecule has 3 aromatic rings. The lowest BCUT2D eigenvalue weighted by Gasteiger charge is -2.39. The number of hydrogen-bond donors (Lipinski definition) is 3. The Balaban J connectivity index is 1.78. The highest BCUT2D eigenvalue weighted by atomic mass is 19.1. The molecule has 8 nitrogen and oxygen atoms in total. The van der Waals surface area contributed by atoms with Gasteiger partial charge in [-0.3, -0.25) is 9.78 Å². The van der Waals surface area contributed by atoms with E-state index < -0.39 is 35.7 Å². The van der Waals surface area contributed by atoms with Gasteiger partial charge in [-0.1, -0.05) is 19.9 Å². The van der Waals surface area contributed by atoms with Crippen LogP contribution in [0.2, 0.25) is 0 Å². The fourth-order valence-electron chi connectivity index (χ4n) is 4.92. The fourth-order valence-corrected chi connectivity index (χ4v) is 4.92. The molecule has 0 saturated heterocycles. The Bertz CT molecular complexity index is 1240. The molecule has 1 aromatic carbocycles. The van der Waals surface area contributed by atoms with Crippen molar-refractivity contribution in [2.24, 2.45) is 0 Å². The van der Waals surface area contributed by atoms with Crippen molar-refractivity contribution < 1.29 is 23.8 Å². The number of aliphatic hydroxyl groups excluding tert-OH is 2. The normalized spacial score (nSPS) is 20.0. The first-order valence-corrected chi connectivity index (χ1v) is 12.1. The van der Waals surface area contributed by atoms with Gasteiger partial charge in [-0.2, -0.15) is 5.10 Å². The number of halogens is 2. The predicted octanol–water partition coefficient (Wildman–Crippen LogP) is 3.28. The van der Waals surface area contributed by atoms with E-state index in [0.717, 1.165) is 18.4 Å². The highest BCUT2D eigenvalue weighted by Gasteiger charge is 2.43. The minimum Gasteiger partial charge on any atom is -0.394 e. The largest absolute Gasteiger partial charge is 0.394 e. The molecule has 190 valence electrons. The van der Waals surface area contributed by atoms with E-state index in [-0.39, 0.29) is 29.4 Å². The monoisotopic (exact) mass is 497 g/mol. The molecule has 2 aromatic heterocycles. The van der Waals surface area contributed by atoms with Crippen LogP contribution in [0.4, 0.5) is 8.78 Å². The van der Waals surface area contributed by atoms with Gasteiger partial charge in [0.15, 0.2) is 0 Å². The molecule has 0 radical (unpaired) electrons. The van der Waals surface area contributed by atoms with E-state index in [2.05, 4.69) is 32.4 Å². The molecule has 3 N–H and O–H groups in total. The number of aromatic nitrogens is 4. The Kier molecular flexibility index (Phi) is 7.65. The van der Waals surface area contributed by atoms with Crippen molar-refractivity contribution in [3.8, 4) is 11.3 Å². The van der Waals surface area contributed by atoms with E-state index in [1.165, 1.54) is 24.4 Å². The van der Waals surface area contributed by atoms with Crippen LogP contribution >= 0.6 is 0 Å². The number of carbonyl (C=O) groups is 1. The van der Waals surface area contributed by atoms with Crippen LogP contribution in [-0.4, -0.2) is 55.5 Å². The highest BCUT2D eigenvalue weighted by Crippen LogP contribution is 2.48. The maximum Gasteiger partial charge on any atom is 0.271 e. The van der Waals surface area contributed by atoms with E-state index in [4.69, 9.17) is 5.11 Å². The van der Waals surface area contributed by atoms with Crippen LogP contribution in [0.1, 0.15) is 72.9 Å². The number of carbonyl (C=O) groups excluding carboxylic acids is 1. The second-order valence-electron chi connectivity index (χ2n) is 9.05. The molecule has 0 spiro atoms. The molecule has 1 aliphatic rings. The minimum atomic E-state index is -1.08. The standard InChI is InChI=1S/C26H29F2N5O3/c1-3-15-8-9-26(4-2,22-13-29-12-21(31-22)25(36)30-11-16(35)14-34)24-17(15)10-20(32-33-24)23-18(27)6-5-7-19(23)28/h5-7,10,12-13,15-16,34-35H,3-4,8-9,11,14H2,1-2H3,(H,30,36)/t15-,16-,26+/m0/s1. The van der Waals surface area contributed by atoms with Gasteiger partial charge in [0, 0.05) is 12.7 Å². The molecule has 0 saturated carbocycles. The van der Waals surface area contributed by atoms with Gasteiger partial charge in [0.2, 0.25) is 0 Å². The van der Waals surface area contributed by atoms with Crippen LogP contribution < -0.4 is 5.32 Å². The summed E-state index contributed by atoms with van der Waals surface area (Å²) in [6.07, 6.45) is 4.77. The third-order valence-corrected chi connectivity index (χ3v) is 7.02. The van der Waals surface area contributed by atoms with Crippen molar-refractivity contribution in [1.82, 2.24) is 25.5 Å². The van der Waals surface area contributed by atoms with Gasteiger partial charge >= 0.3 is 0 Å². The Morgan fingerprint density at radius 3 is 2.64 bits per heavy atom. The lowest BCUT2D eigenvalue weighted by molar-refractivity contribution is 0.0798. The quantitative estimate of drug-likeness (QED) is 0.437. The van der Waals surface area contributed by atoms with Crippen molar-refractivity contribution >= 4 is 5.91 Å². The number of hydrogen-bond acceptors (Lipinski definition) is 7. The summed E-state index contributed by atoms with van der Waals surface area (Å²) in [5.41, 5.74) is 1.40. The second kappa shape index (κ2) is 10.7. The number of rotatable bonds is 8. The van der Waals surface area contributed by atoms with Crippen molar-refractivity contribution in [2.75, 3.05) is 13.2 Å². The maximum atomic E-state index is 14.5. The van der Waals surface area contributed by atoms with Gasteiger partial charge in [-0.05, 0) is 55.4 Å². The summed E-state index contributed by atoms with van der Waals surface area (Å²) in [6.45, 7) is 3.46. The molecule has 0 bridgehead atoms. The minimum absolute atomic E-state index is 0.0719. The zero-order valence-electron chi connectivity index (χ0n) is 20.2. The lowest BCUT2D eigenvalue weighted by atomic mass is 9.65. The van der Waals surface area contributed by atoms with E-state index >= 15 is 0 Å². The Morgan fingerprint density at radius 2 is 1.97 bits per heavy atom. The third kappa shape index (κ3) is 4.70. The third-order valence-electron chi connectivity index (χ3n) is 7.02. The molecule has 0 fully saturated rings. The fraction of sp³-hybridized carbons (Fsp3) is 0.423. The lowest BCUT2D eigenvalue weighted by Crippen LogP contribution is -2.37. The van der Waals surface area contributed by atoms with E-state index in [9.17, 15) is 18.7 Å². The number of amides is 1. The van der Waals surface area contributed by atoms with E-state index in [0.29, 0.717) is 24.2 Å². The number of benzene rings is 1. The van der Waals surface area contributed by atoms with Crippen molar-refractivity contribution in [3.05, 3.63) is 70.9 Å². The first kappa shape index (κ1) is 25.7. The summed E-state index contributed by atoms with van der Waals surface area (Å²) in [7, 11) is 0. The second-order valence-corrected chi connectivity index (χ2v) is 9.05. The summed E-state index contributed by atoms with van der Waals surface area (Å²) in [6, 6.07) is 5.42. The van der Waals surface area contributed by atoms with Crippen LogP contribution in [0, 0.1) is 11.6 Å². The number of fused-ring (bicyclic) bond motifs is 1. The average Bonchev–Trinajstić information content (AvgIpc) is 2.90. The molecule has 4 rings (SSSR count). The molecule has 2 heterocycles. The van der Waals surface area contributed by atoms with Crippen molar-refractivity contribution in [2.45, 2.75) is 57.0 Å². The smallest absolute Gasteiger partial charge is 0.271 e. The number of nitrogens with one attached hydrogen (secondary N) is 1. The summed E-state index contributed by atoms with van der Waals surface area (Å²) in [5.74, 6) is -1.80. The van der Waals surface area contributed by atoms with Gasteiger partial charge in [-0.25, -0.2) is 13.8 Å². The summed E-state index contributed by atoms with van der Waals surface area (Å²) < 4.78 is 29.0. The zero-order valence-corrected chi connectivity index (χ0v) is 20.2. The summed E-state index contributed by atoms with van der Waals surface area (Å²) in [5, 5.41) is 29.8. The first-order valence-electron chi connectivity index (χ1n) is 12.1. The molecular formula is C26H29F2N5O3. The zero-order chi connectivity index (χ0) is 25.9. The van der Waals surface area contributed by atoms with Gasteiger partial charge in [0.05, 0.1) is 47.0 Å². The van der Waals surface area contributed by atoms with Crippen molar-refractivity contribution in [3.63, 3.8) is 0 Å². The van der Waals surface area contributed by atoms with E-state index in [1.54, 1.807) is 12.3 Å². The van der Waals surface area contributed by atoms with Gasteiger partial charge in [0.25, 0.3) is 5.91 Å². The molecular weight excluding hydrogens is 468 g/mol. The molecule has 36 heavy (non-hydrogen) atoms. The first-order chi connectivity index (χ1) is 17.3. The van der Waals surface area contributed by atoms with Crippen molar-refractivity contribution in [1.29, 1.82) is 0 Å². The average molecular weight is 498 g/mol. The van der Waals surface area contributed by atoms with E-state index in [1.807, 2.05) is 6.92 Å². The SMILES string of the molecule is CC[C@H]1CC[C@](CC)(c2cncc(C(=O)NC[C@H](O)CO)n2)c2nnc(-c3c(F)cccc3F)cc21. The summed E-state index contributed by atoms with van der Waals surface area (Å²) >= 11 is 0. The highest BCUT2D eigenvalue weighted by molar-refractivity contribution is 5.92. The van der Waals surface area contributed by atoms with Crippen LogP contribution in [0.3, 0.4) is 0 Å². The molecule has 10 heteroatoms. The van der Waals surface area contributed by atoms with Gasteiger partial charge in [-0.15, -0.1) is 5.10 Å². The Morgan fingerprint density at radius 1 is 1.22 bits per heavy atom. The molecule has 1 aliphatic carbocycles. The Hall–Kier alpha value is -3.37. The number of aliphatic hydroxyl groups is 2. The molecule has 3 atom stereocenters. The predicted molar refractivity (Wildman–Crippen MR) is 128 cm³/mol. The molecule has 0 unspecified atom stereocenters. The Labute approximate surface area is 207 Å². The van der Waals surface area contributed by atoms with Crippen LogP contribution in [0.15, 0.2) is 36.7 Å².